The second-order valence-electron chi connectivity index (χ2n) is 7.23. The molecule has 0 spiro atoms. The van der Waals surface area contributed by atoms with Crippen LogP contribution in [0.15, 0.2) is 30.3 Å². The summed E-state index contributed by atoms with van der Waals surface area (Å²) in [5.74, 6) is -0.569. The molecule has 162 valence electrons. The van der Waals surface area contributed by atoms with Gasteiger partial charge in [-0.25, -0.2) is 9.59 Å². The van der Waals surface area contributed by atoms with Crippen LogP contribution in [0, 0.1) is 0 Å². The van der Waals surface area contributed by atoms with E-state index in [1.165, 1.54) is 10.5 Å². The van der Waals surface area contributed by atoms with Gasteiger partial charge in [0.25, 0.3) is 0 Å². The highest BCUT2D eigenvalue weighted by molar-refractivity contribution is 7.58. The van der Waals surface area contributed by atoms with Gasteiger partial charge in [-0.05, 0) is 58.1 Å². The zero-order valence-electron chi connectivity index (χ0n) is 17.5. The summed E-state index contributed by atoms with van der Waals surface area (Å²) in [7, 11) is -3.04. The molecule has 1 unspecified atom stereocenters. The van der Waals surface area contributed by atoms with Crippen molar-refractivity contribution < 1.29 is 23.4 Å². The van der Waals surface area contributed by atoms with Crippen molar-refractivity contribution in [3.63, 3.8) is 0 Å². The molecular weight excluding hydrogens is 391 g/mol. The topological polar surface area (TPSA) is 84.9 Å². The summed E-state index contributed by atoms with van der Waals surface area (Å²) in [5, 5.41) is 3.01. The molecule has 1 aliphatic heterocycles. The van der Waals surface area contributed by atoms with Crippen molar-refractivity contribution in [2.24, 2.45) is 0 Å². The molecule has 0 radical (unpaired) electrons. The third-order valence-electron chi connectivity index (χ3n) is 4.98. The number of amides is 1. The molecule has 1 saturated heterocycles. The first-order valence-electron chi connectivity index (χ1n) is 10.5. The van der Waals surface area contributed by atoms with Crippen molar-refractivity contribution in [1.82, 2.24) is 10.2 Å². The summed E-state index contributed by atoms with van der Waals surface area (Å²) in [6.07, 6.45) is 3.70. The largest absolute Gasteiger partial charge is 0.418 e. The van der Waals surface area contributed by atoms with E-state index in [0.717, 1.165) is 32.2 Å². The predicted molar refractivity (Wildman–Crippen MR) is 113 cm³/mol. The summed E-state index contributed by atoms with van der Waals surface area (Å²) < 4.78 is 23.9. The summed E-state index contributed by atoms with van der Waals surface area (Å²) in [6.45, 7) is 4.92. The van der Waals surface area contributed by atoms with Gasteiger partial charge >= 0.3 is 12.1 Å². The maximum absolute atomic E-state index is 13.3. The van der Waals surface area contributed by atoms with Crippen molar-refractivity contribution in [2.45, 2.75) is 52.0 Å². The monoisotopic (exact) mass is 424 g/mol. The van der Waals surface area contributed by atoms with Gasteiger partial charge in [-0.2, -0.15) is 0 Å². The van der Waals surface area contributed by atoms with Crippen molar-refractivity contribution in [3.05, 3.63) is 35.9 Å². The zero-order chi connectivity index (χ0) is 21.1. The second-order valence-corrected chi connectivity index (χ2v) is 9.85. The summed E-state index contributed by atoms with van der Waals surface area (Å²) in [5.41, 5.74) is 1.25. The molecule has 1 N–H and O–H groups in total. The molecule has 7 nitrogen and oxygen atoms in total. The molecule has 2 atom stereocenters. The lowest BCUT2D eigenvalue weighted by Gasteiger charge is -2.26. The van der Waals surface area contributed by atoms with Crippen LogP contribution in [0.3, 0.4) is 0 Å². The summed E-state index contributed by atoms with van der Waals surface area (Å²) in [6, 6.07) is 9.72. The first kappa shape index (κ1) is 23.6. The Morgan fingerprint density at radius 3 is 2.59 bits per heavy atom. The molecular formula is C21H33N2O5P. The number of unbranched alkanes of at least 4 members (excludes halogenated alkanes) is 1. The van der Waals surface area contributed by atoms with E-state index < -0.39 is 25.5 Å². The van der Waals surface area contributed by atoms with Gasteiger partial charge in [0.05, 0.1) is 6.61 Å². The minimum Gasteiger partial charge on any atom is -0.375 e. The van der Waals surface area contributed by atoms with Gasteiger partial charge in [-0.1, -0.05) is 30.3 Å². The van der Waals surface area contributed by atoms with E-state index in [1.54, 1.807) is 13.8 Å². The fourth-order valence-corrected chi connectivity index (χ4v) is 5.76. The van der Waals surface area contributed by atoms with E-state index >= 15 is 0 Å². The van der Waals surface area contributed by atoms with Crippen LogP contribution < -0.4 is 5.32 Å². The molecule has 0 saturated carbocycles. The quantitative estimate of drug-likeness (QED) is 0.250. The summed E-state index contributed by atoms with van der Waals surface area (Å²) in [4.78, 5) is 25.8. The number of benzene rings is 1. The minimum absolute atomic E-state index is 0.0348. The number of carbonyl (C=O) groups is 2. The van der Waals surface area contributed by atoms with Gasteiger partial charge in [0.15, 0.2) is 0 Å². The lowest BCUT2D eigenvalue weighted by Crippen LogP contribution is -2.39. The maximum atomic E-state index is 13.3. The Morgan fingerprint density at radius 2 is 1.97 bits per heavy atom. The third kappa shape index (κ3) is 7.92. The zero-order valence-corrected chi connectivity index (χ0v) is 18.4. The number of carbonyl (C=O) groups excluding carboxylic acids is 2. The van der Waals surface area contributed by atoms with E-state index in [2.05, 4.69) is 17.4 Å². The number of ether oxygens (including phenoxy) is 1. The van der Waals surface area contributed by atoms with Crippen LogP contribution in [0.25, 0.3) is 0 Å². The molecule has 0 aliphatic carbocycles. The Bertz CT molecular complexity index is 692. The molecule has 1 aromatic rings. The van der Waals surface area contributed by atoms with Crippen molar-refractivity contribution >= 4 is 19.4 Å². The molecule has 1 heterocycles. The van der Waals surface area contributed by atoms with E-state index in [-0.39, 0.29) is 6.29 Å². The van der Waals surface area contributed by atoms with Crippen LogP contribution in [0.5, 0.6) is 0 Å². The van der Waals surface area contributed by atoms with Gasteiger partial charge in [0.2, 0.25) is 7.37 Å². The van der Waals surface area contributed by atoms with Crippen LogP contribution in [0.4, 0.5) is 4.79 Å². The fourth-order valence-electron chi connectivity index (χ4n) is 3.39. The van der Waals surface area contributed by atoms with Crippen molar-refractivity contribution in [1.29, 1.82) is 0 Å². The highest BCUT2D eigenvalue weighted by Crippen LogP contribution is 2.48. The highest BCUT2D eigenvalue weighted by atomic mass is 31.2. The predicted octanol–water partition coefficient (Wildman–Crippen LogP) is 4.02. The first-order chi connectivity index (χ1) is 14.0. The molecule has 1 fully saturated rings. The molecule has 2 rings (SSSR count). The number of hydrogen-bond donors (Lipinski definition) is 1. The number of aryl methyl sites for hydroxylation is 1. The van der Waals surface area contributed by atoms with E-state index in [4.69, 9.17) is 9.26 Å². The lowest BCUT2D eigenvalue weighted by molar-refractivity contribution is -0.140. The fraction of sp³-hybridized carbons (Fsp3) is 0.619. The van der Waals surface area contributed by atoms with Gasteiger partial charge in [0, 0.05) is 12.7 Å². The van der Waals surface area contributed by atoms with Gasteiger partial charge in [-0.3, -0.25) is 9.46 Å². The Kier molecular flexibility index (Phi) is 9.85. The van der Waals surface area contributed by atoms with Crippen LogP contribution in [0.2, 0.25) is 0 Å². The number of nitrogens with zero attached hydrogens (tertiary/aromatic N) is 1. The molecule has 1 amide bonds. The second kappa shape index (κ2) is 12.1. The first-order valence-corrected chi connectivity index (χ1v) is 12.5. The third-order valence-corrected chi connectivity index (χ3v) is 7.48. The molecule has 1 aliphatic rings. The molecule has 29 heavy (non-hydrogen) atoms. The Hall–Kier alpha value is -1.69. The smallest absolute Gasteiger partial charge is 0.375 e. The maximum Gasteiger partial charge on any atom is 0.418 e. The van der Waals surface area contributed by atoms with Crippen LogP contribution >= 0.6 is 7.37 Å². The number of esters is 1. The number of nitrogens with one attached hydrogen (secondary N) is 1. The Balaban J connectivity index is 1.86. The summed E-state index contributed by atoms with van der Waals surface area (Å²) >= 11 is 0. The van der Waals surface area contributed by atoms with E-state index in [1.807, 2.05) is 18.2 Å². The molecule has 1 aromatic carbocycles. The lowest BCUT2D eigenvalue weighted by atomic mass is 10.1. The normalized spacial score (nSPS) is 18.2. The SMILES string of the molecule is CCOP(=O)(CCCCc1ccccc1)CN(CC)C(=O)OC(=O)[C@@H]1CCCN1. The number of rotatable bonds is 11. The molecule has 8 heteroatoms. The van der Waals surface area contributed by atoms with E-state index in [0.29, 0.717) is 25.7 Å². The average Bonchev–Trinajstić information content (AvgIpc) is 3.25. The highest BCUT2D eigenvalue weighted by Gasteiger charge is 2.31. The molecule has 0 aromatic heterocycles. The van der Waals surface area contributed by atoms with Crippen LogP contribution in [-0.2, 0) is 25.0 Å². The number of hydrogen-bond acceptors (Lipinski definition) is 6. The standard InChI is InChI=1S/C21H33N2O5P/c1-3-23(21(25)28-20(24)19-14-10-15-22-19)17-29(26,27-4-2)16-9-8-13-18-11-6-5-7-12-18/h5-7,11-12,19,22H,3-4,8-10,13-17H2,1-2H3/t19-,29?/m0/s1. The van der Waals surface area contributed by atoms with Crippen molar-refractivity contribution in [2.75, 3.05) is 32.1 Å². The minimum atomic E-state index is -3.04. The molecule has 0 bridgehead atoms. The Morgan fingerprint density at radius 1 is 1.21 bits per heavy atom. The Labute approximate surface area is 173 Å². The van der Waals surface area contributed by atoms with E-state index in [9.17, 15) is 14.2 Å². The van der Waals surface area contributed by atoms with Crippen LogP contribution in [0.1, 0.15) is 45.1 Å². The van der Waals surface area contributed by atoms with Gasteiger partial charge in [-0.15, -0.1) is 0 Å². The average molecular weight is 424 g/mol. The van der Waals surface area contributed by atoms with Crippen molar-refractivity contribution in [3.8, 4) is 0 Å². The van der Waals surface area contributed by atoms with Gasteiger partial charge < -0.3 is 14.6 Å². The van der Waals surface area contributed by atoms with Crippen LogP contribution in [-0.4, -0.2) is 55.1 Å². The van der Waals surface area contributed by atoms with Gasteiger partial charge in [0.1, 0.15) is 12.3 Å².